The number of rotatable bonds is 3. The largest absolute Gasteiger partial charge is 0.388 e. The van der Waals surface area contributed by atoms with Crippen molar-refractivity contribution in [2.45, 2.75) is 89.9 Å². The molecule has 0 aromatic heterocycles. The van der Waals surface area contributed by atoms with E-state index < -0.39 is 11.0 Å². The second-order valence-corrected chi connectivity index (χ2v) is 8.26. The summed E-state index contributed by atoms with van der Waals surface area (Å²) in [7, 11) is 0. The van der Waals surface area contributed by atoms with Crippen LogP contribution in [-0.4, -0.2) is 22.9 Å². The van der Waals surface area contributed by atoms with Crippen molar-refractivity contribution < 1.29 is 9.84 Å². The number of fused-ring (bicyclic) bond motifs is 2. The molecule has 2 bridgehead atoms. The van der Waals surface area contributed by atoms with E-state index in [9.17, 15) is 10.4 Å². The topological polar surface area (TPSA) is 53.2 Å². The fourth-order valence-electron chi connectivity index (χ4n) is 5.03. The number of aliphatic hydroxyl groups is 1. The van der Waals surface area contributed by atoms with E-state index in [4.69, 9.17) is 4.74 Å². The fourth-order valence-corrected chi connectivity index (χ4v) is 5.03. The van der Waals surface area contributed by atoms with Crippen LogP contribution in [0.1, 0.15) is 72.1 Å². The minimum atomic E-state index is -0.831. The second kappa shape index (κ2) is 4.96. The molecule has 1 N–H and O–H groups in total. The lowest BCUT2D eigenvalue weighted by atomic mass is 9.56. The van der Waals surface area contributed by atoms with E-state index >= 15 is 0 Å². The molecule has 0 aromatic carbocycles. The van der Waals surface area contributed by atoms with E-state index in [0.29, 0.717) is 11.3 Å². The standard InChI is InChI=1S/C18H29NO2/c1-4-16(2,3)13-7-9-18(20,10-8-13)17(12-19)11-14-5-6-15(17)21-14/h13-15,20H,4-11H2,1-3H3. The van der Waals surface area contributed by atoms with E-state index in [1.54, 1.807) is 0 Å². The zero-order valence-electron chi connectivity index (χ0n) is 13.7. The molecule has 3 fully saturated rings. The van der Waals surface area contributed by atoms with Crippen molar-refractivity contribution in [2.75, 3.05) is 0 Å². The molecule has 21 heavy (non-hydrogen) atoms. The van der Waals surface area contributed by atoms with Gasteiger partial charge in [0.15, 0.2) is 0 Å². The number of hydrogen-bond acceptors (Lipinski definition) is 3. The van der Waals surface area contributed by atoms with Gasteiger partial charge in [0.25, 0.3) is 0 Å². The average molecular weight is 291 g/mol. The number of nitriles is 1. The molecule has 3 rings (SSSR count). The SMILES string of the molecule is CCC(C)(C)C1CCC(O)(C2(C#N)CC3CCC2O3)CC1. The molecule has 0 spiro atoms. The lowest BCUT2D eigenvalue weighted by Gasteiger charge is -2.49. The zero-order chi connectivity index (χ0) is 15.3. The van der Waals surface area contributed by atoms with E-state index in [-0.39, 0.29) is 12.2 Å². The molecular weight excluding hydrogens is 262 g/mol. The van der Waals surface area contributed by atoms with E-state index in [1.807, 2.05) is 0 Å². The van der Waals surface area contributed by atoms with Crippen LogP contribution >= 0.6 is 0 Å². The molecule has 3 nitrogen and oxygen atoms in total. The summed E-state index contributed by atoms with van der Waals surface area (Å²) in [5, 5.41) is 21.1. The molecule has 0 aromatic rings. The van der Waals surface area contributed by atoms with Gasteiger partial charge < -0.3 is 9.84 Å². The van der Waals surface area contributed by atoms with Gasteiger partial charge in [0.1, 0.15) is 5.41 Å². The summed E-state index contributed by atoms with van der Waals surface area (Å²) in [6.07, 6.45) is 7.72. The molecule has 1 saturated carbocycles. The van der Waals surface area contributed by atoms with Gasteiger partial charge in [-0.1, -0.05) is 27.2 Å². The van der Waals surface area contributed by atoms with Gasteiger partial charge in [-0.25, -0.2) is 0 Å². The summed E-state index contributed by atoms with van der Waals surface area (Å²) in [5.41, 5.74) is -1.13. The van der Waals surface area contributed by atoms with Crippen molar-refractivity contribution in [1.29, 1.82) is 5.26 Å². The lowest BCUT2D eigenvalue weighted by molar-refractivity contribution is -0.121. The number of ether oxygens (including phenoxy) is 1. The maximum Gasteiger partial charge on any atom is 0.114 e. The maximum absolute atomic E-state index is 11.3. The minimum absolute atomic E-state index is 0.0340. The van der Waals surface area contributed by atoms with E-state index in [2.05, 4.69) is 26.8 Å². The van der Waals surface area contributed by atoms with Crippen LogP contribution in [0.5, 0.6) is 0 Å². The van der Waals surface area contributed by atoms with Crippen LogP contribution in [0.3, 0.4) is 0 Å². The summed E-state index contributed by atoms with van der Waals surface area (Å²) in [6, 6.07) is 2.51. The molecule has 2 saturated heterocycles. The molecule has 3 atom stereocenters. The maximum atomic E-state index is 11.3. The van der Waals surface area contributed by atoms with Crippen molar-refractivity contribution in [2.24, 2.45) is 16.7 Å². The first-order valence-electron chi connectivity index (χ1n) is 8.66. The number of hydrogen-bond donors (Lipinski definition) is 1. The third-order valence-corrected chi connectivity index (χ3v) is 7.07. The monoisotopic (exact) mass is 291 g/mol. The summed E-state index contributed by atoms with van der Waals surface area (Å²) in [5.74, 6) is 0.665. The zero-order valence-corrected chi connectivity index (χ0v) is 13.7. The Bertz CT molecular complexity index is 445. The first-order valence-corrected chi connectivity index (χ1v) is 8.66. The predicted molar refractivity (Wildman–Crippen MR) is 81.5 cm³/mol. The minimum Gasteiger partial charge on any atom is -0.388 e. The Hall–Kier alpha value is -0.590. The predicted octanol–water partition coefficient (Wildman–Crippen LogP) is 3.81. The van der Waals surface area contributed by atoms with Crippen LogP contribution in [0.4, 0.5) is 0 Å². The summed E-state index contributed by atoms with van der Waals surface area (Å²) >= 11 is 0. The van der Waals surface area contributed by atoms with Gasteiger partial charge >= 0.3 is 0 Å². The van der Waals surface area contributed by atoms with Crippen molar-refractivity contribution >= 4 is 0 Å². The molecule has 3 aliphatic rings. The van der Waals surface area contributed by atoms with Crippen LogP contribution in [0.2, 0.25) is 0 Å². The van der Waals surface area contributed by atoms with E-state index in [0.717, 1.165) is 44.9 Å². The Morgan fingerprint density at radius 3 is 2.33 bits per heavy atom. The molecule has 3 unspecified atom stereocenters. The highest BCUT2D eigenvalue weighted by molar-refractivity contribution is 5.21. The third kappa shape index (κ3) is 2.14. The van der Waals surface area contributed by atoms with Crippen molar-refractivity contribution in [3.63, 3.8) is 0 Å². The van der Waals surface area contributed by atoms with Crippen LogP contribution in [-0.2, 0) is 4.74 Å². The van der Waals surface area contributed by atoms with Crippen LogP contribution < -0.4 is 0 Å². The summed E-state index contributed by atoms with van der Waals surface area (Å²) in [6.45, 7) is 6.92. The normalized spacial score (nSPS) is 46.5. The van der Waals surface area contributed by atoms with Gasteiger partial charge in [0, 0.05) is 0 Å². The Kier molecular flexibility index (Phi) is 3.62. The molecular formula is C18H29NO2. The quantitative estimate of drug-likeness (QED) is 0.860. The first kappa shape index (κ1) is 15.3. The lowest BCUT2D eigenvalue weighted by Crippen LogP contribution is -2.55. The molecule has 2 heterocycles. The Balaban J connectivity index is 1.77. The molecule has 1 aliphatic carbocycles. The Morgan fingerprint density at radius 1 is 1.24 bits per heavy atom. The number of nitrogens with zero attached hydrogens (tertiary/aromatic N) is 1. The summed E-state index contributed by atoms with van der Waals surface area (Å²) in [4.78, 5) is 0. The van der Waals surface area contributed by atoms with Crippen molar-refractivity contribution in [3.05, 3.63) is 0 Å². The van der Waals surface area contributed by atoms with Crippen molar-refractivity contribution in [3.8, 4) is 6.07 Å². The van der Waals surface area contributed by atoms with Crippen LogP contribution in [0.15, 0.2) is 0 Å². The van der Waals surface area contributed by atoms with Gasteiger partial charge in [-0.3, -0.25) is 0 Å². The highest BCUT2D eigenvalue weighted by atomic mass is 16.5. The molecule has 0 radical (unpaired) electrons. The first-order chi connectivity index (χ1) is 9.87. The molecule has 3 heteroatoms. The second-order valence-electron chi connectivity index (χ2n) is 8.26. The van der Waals surface area contributed by atoms with Gasteiger partial charge in [0.2, 0.25) is 0 Å². The van der Waals surface area contributed by atoms with E-state index in [1.165, 1.54) is 6.42 Å². The smallest absolute Gasteiger partial charge is 0.114 e. The Morgan fingerprint density at radius 2 is 1.90 bits per heavy atom. The van der Waals surface area contributed by atoms with Crippen LogP contribution in [0, 0.1) is 28.1 Å². The summed E-state index contributed by atoms with van der Waals surface area (Å²) < 4.78 is 5.93. The molecule has 2 aliphatic heterocycles. The highest BCUT2D eigenvalue weighted by Crippen LogP contribution is 2.58. The third-order valence-electron chi connectivity index (χ3n) is 7.07. The fraction of sp³-hybridized carbons (Fsp3) is 0.944. The van der Waals surface area contributed by atoms with Gasteiger partial charge in [-0.2, -0.15) is 5.26 Å². The van der Waals surface area contributed by atoms with Gasteiger partial charge in [0.05, 0.1) is 23.9 Å². The van der Waals surface area contributed by atoms with Gasteiger partial charge in [-0.05, 0) is 56.3 Å². The molecule has 0 amide bonds. The van der Waals surface area contributed by atoms with Crippen molar-refractivity contribution in [1.82, 2.24) is 0 Å². The van der Waals surface area contributed by atoms with Gasteiger partial charge in [-0.15, -0.1) is 0 Å². The average Bonchev–Trinajstić information content (AvgIpc) is 3.09. The Labute approximate surface area is 128 Å². The highest BCUT2D eigenvalue weighted by Gasteiger charge is 2.64. The molecule has 118 valence electrons. The van der Waals surface area contributed by atoms with Crippen LogP contribution in [0.25, 0.3) is 0 Å².